The van der Waals surface area contributed by atoms with Gasteiger partial charge in [0.05, 0.1) is 11.4 Å². The first-order valence-electron chi connectivity index (χ1n) is 10.3. The van der Waals surface area contributed by atoms with Crippen LogP contribution in [-0.2, 0) is 11.2 Å². The molecule has 0 spiro atoms. The lowest BCUT2D eigenvalue weighted by molar-refractivity contribution is -0.117. The van der Waals surface area contributed by atoms with Crippen molar-refractivity contribution in [1.82, 2.24) is 0 Å². The molecule has 1 saturated heterocycles. The van der Waals surface area contributed by atoms with E-state index in [9.17, 15) is 9.59 Å². The molecule has 1 atom stereocenters. The highest BCUT2D eigenvalue weighted by Gasteiger charge is 2.36. The van der Waals surface area contributed by atoms with Crippen LogP contribution in [0.25, 0.3) is 0 Å². The molecule has 5 nitrogen and oxygen atoms in total. The van der Waals surface area contributed by atoms with E-state index in [1.807, 2.05) is 54.6 Å². The summed E-state index contributed by atoms with van der Waals surface area (Å²) >= 11 is 0. The quantitative estimate of drug-likeness (QED) is 0.684. The van der Waals surface area contributed by atoms with E-state index in [4.69, 9.17) is 0 Å². The zero-order chi connectivity index (χ0) is 20.5. The van der Waals surface area contributed by atoms with Crippen LogP contribution in [0.2, 0.25) is 0 Å². The number of anilines is 3. The molecule has 2 heterocycles. The lowest BCUT2D eigenvalue weighted by atomic mass is 10.0. The summed E-state index contributed by atoms with van der Waals surface area (Å²) in [5.41, 5.74) is 5.29. The first kappa shape index (κ1) is 18.4. The lowest BCUT2D eigenvalue weighted by Gasteiger charge is -2.33. The minimum absolute atomic E-state index is 0.0192. The predicted octanol–water partition coefficient (Wildman–Crippen LogP) is 4.45. The van der Waals surface area contributed by atoms with Crippen LogP contribution in [0.15, 0.2) is 72.8 Å². The summed E-state index contributed by atoms with van der Waals surface area (Å²) in [5, 5.41) is 6.02. The fourth-order valence-corrected chi connectivity index (χ4v) is 4.38. The number of amides is 2. The molecule has 2 aliphatic rings. The van der Waals surface area contributed by atoms with Crippen molar-refractivity contribution in [2.45, 2.75) is 25.3 Å². The number of fused-ring (bicyclic) bond motifs is 3. The van der Waals surface area contributed by atoms with E-state index in [0.717, 1.165) is 42.7 Å². The normalized spacial score (nSPS) is 17.1. The van der Waals surface area contributed by atoms with E-state index in [1.165, 1.54) is 5.56 Å². The molecule has 5 rings (SSSR count). The van der Waals surface area contributed by atoms with Gasteiger partial charge in [-0.3, -0.25) is 9.59 Å². The predicted molar refractivity (Wildman–Crippen MR) is 119 cm³/mol. The second-order valence-corrected chi connectivity index (χ2v) is 7.85. The van der Waals surface area contributed by atoms with E-state index in [-0.39, 0.29) is 17.9 Å². The second kappa shape index (κ2) is 7.67. The third-order valence-electron chi connectivity index (χ3n) is 5.88. The summed E-state index contributed by atoms with van der Waals surface area (Å²) < 4.78 is 0. The van der Waals surface area contributed by atoms with Crippen molar-refractivity contribution in [3.63, 3.8) is 0 Å². The molecular weight excluding hydrogens is 374 g/mol. The number of hydrogen-bond donors (Lipinski definition) is 2. The monoisotopic (exact) mass is 397 g/mol. The van der Waals surface area contributed by atoms with Crippen molar-refractivity contribution in [3.8, 4) is 0 Å². The number of carbonyl (C=O) groups is 2. The molecule has 5 heteroatoms. The summed E-state index contributed by atoms with van der Waals surface area (Å²) in [6.45, 7) is 0.878. The molecule has 3 aromatic carbocycles. The standard InChI is InChI=1S/C25H23N3O2/c29-24(26-20-10-5-4-9-18(20)15-17-7-2-1-3-8-17)19-12-13-22-21(16-19)27-25(30)23-11-6-14-28(22)23/h1-5,7-10,12-13,16,23H,6,11,14-15H2,(H,26,29)(H,27,30)/t23-/m1/s1. The van der Waals surface area contributed by atoms with Crippen molar-refractivity contribution >= 4 is 28.9 Å². The number of carbonyl (C=O) groups excluding carboxylic acids is 2. The molecule has 2 aliphatic heterocycles. The fraction of sp³-hybridized carbons (Fsp3) is 0.200. The minimum Gasteiger partial charge on any atom is -0.358 e. The van der Waals surface area contributed by atoms with Crippen LogP contribution < -0.4 is 15.5 Å². The maximum atomic E-state index is 13.0. The SMILES string of the molecule is O=C(Nc1ccccc1Cc1ccccc1)c1ccc2c(c1)NC(=O)[C@H]1CCCN21. The van der Waals surface area contributed by atoms with E-state index >= 15 is 0 Å². The molecule has 30 heavy (non-hydrogen) atoms. The van der Waals surface area contributed by atoms with Crippen molar-refractivity contribution in [3.05, 3.63) is 89.5 Å². The van der Waals surface area contributed by atoms with Gasteiger partial charge in [0.2, 0.25) is 5.91 Å². The van der Waals surface area contributed by atoms with Gasteiger partial charge in [0.15, 0.2) is 0 Å². The number of nitrogens with one attached hydrogen (secondary N) is 2. The highest BCUT2D eigenvalue weighted by Crippen LogP contribution is 2.37. The molecule has 3 aromatic rings. The second-order valence-electron chi connectivity index (χ2n) is 7.85. The Balaban J connectivity index is 1.38. The van der Waals surface area contributed by atoms with Gasteiger partial charge in [-0.25, -0.2) is 0 Å². The van der Waals surface area contributed by atoms with Gasteiger partial charge >= 0.3 is 0 Å². The number of benzene rings is 3. The van der Waals surface area contributed by atoms with Gasteiger partial charge in [-0.05, 0) is 54.7 Å². The Bertz CT molecular complexity index is 1110. The number of nitrogens with zero attached hydrogens (tertiary/aromatic N) is 1. The topological polar surface area (TPSA) is 61.4 Å². The van der Waals surface area contributed by atoms with E-state index in [0.29, 0.717) is 11.3 Å². The Morgan fingerprint density at radius 3 is 2.70 bits per heavy atom. The van der Waals surface area contributed by atoms with Crippen molar-refractivity contribution in [2.24, 2.45) is 0 Å². The zero-order valence-electron chi connectivity index (χ0n) is 16.6. The van der Waals surface area contributed by atoms with Crippen LogP contribution >= 0.6 is 0 Å². The maximum Gasteiger partial charge on any atom is 0.255 e. The first-order valence-corrected chi connectivity index (χ1v) is 10.3. The first-order chi connectivity index (χ1) is 14.7. The smallest absolute Gasteiger partial charge is 0.255 e. The molecule has 0 radical (unpaired) electrons. The molecular formula is C25H23N3O2. The van der Waals surface area contributed by atoms with Gasteiger partial charge in [0.25, 0.3) is 5.91 Å². The number of para-hydroxylation sites is 1. The third kappa shape index (κ3) is 3.43. The summed E-state index contributed by atoms with van der Waals surface area (Å²) in [6, 6.07) is 23.5. The molecule has 0 bridgehead atoms. The molecule has 0 aromatic heterocycles. The average Bonchev–Trinajstić information content (AvgIpc) is 3.26. The van der Waals surface area contributed by atoms with Crippen molar-refractivity contribution in [1.29, 1.82) is 0 Å². The Hall–Kier alpha value is -3.60. The van der Waals surface area contributed by atoms with Gasteiger partial charge in [-0.15, -0.1) is 0 Å². The molecule has 0 unspecified atom stereocenters. The van der Waals surface area contributed by atoms with Crippen molar-refractivity contribution < 1.29 is 9.59 Å². The number of hydrogen-bond acceptors (Lipinski definition) is 3. The van der Waals surface area contributed by atoms with Gasteiger partial charge in [0, 0.05) is 17.8 Å². The molecule has 2 amide bonds. The van der Waals surface area contributed by atoms with E-state index in [2.05, 4.69) is 27.7 Å². The zero-order valence-corrected chi connectivity index (χ0v) is 16.6. The molecule has 0 aliphatic carbocycles. The molecule has 2 N–H and O–H groups in total. The summed E-state index contributed by atoms with van der Waals surface area (Å²) in [7, 11) is 0. The van der Waals surface area contributed by atoms with Crippen LogP contribution in [-0.4, -0.2) is 24.4 Å². The summed E-state index contributed by atoms with van der Waals surface area (Å²) in [6.07, 6.45) is 2.64. The van der Waals surface area contributed by atoms with Crippen LogP contribution in [0.5, 0.6) is 0 Å². The van der Waals surface area contributed by atoms with Crippen LogP contribution in [0.3, 0.4) is 0 Å². The van der Waals surface area contributed by atoms with Crippen molar-refractivity contribution in [2.75, 3.05) is 22.1 Å². The Morgan fingerprint density at radius 2 is 1.83 bits per heavy atom. The van der Waals surface area contributed by atoms with Crippen LogP contribution in [0.1, 0.15) is 34.3 Å². The largest absolute Gasteiger partial charge is 0.358 e. The average molecular weight is 397 g/mol. The number of rotatable bonds is 4. The Morgan fingerprint density at radius 1 is 1.03 bits per heavy atom. The summed E-state index contributed by atoms with van der Waals surface area (Å²) in [5.74, 6) is -0.165. The van der Waals surface area contributed by atoms with Crippen LogP contribution in [0, 0.1) is 0 Å². The van der Waals surface area contributed by atoms with Crippen LogP contribution in [0.4, 0.5) is 17.1 Å². The molecule has 0 saturated carbocycles. The maximum absolute atomic E-state index is 13.0. The van der Waals surface area contributed by atoms with E-state index < -0.39 is 0 Å². The molecule has 1 fully saturated rings. The minimum atomic E-state index is -0.184. The molecule has 150 valence electrons. The van der Waals surface area contributed by atoms with E-state index in [1.54, 1.807) is 6.07 Å². The van der Waals surface area contributed by atoms with Gasteiger partial charge in [-0.1, -0.05) is 48.5 Å². The fourth-order valence-electron chi connectivity index (χ4n) is 4.38. The van der Waals surface area contributed by atoms with Gasteiger partial charge in [-0.2, -0.15) is 0 Å². The van der Waals surface area contributed by atoms with Gasteiger partial charge < -0.3 is 15.5 Å². The Kier molecular flexibility index (Phi) is 4.71. The highest BCUT2D eigenvalue weighted by molar-refractivity contribution is 6.09. The highest BCUT2D eigenvalue weighted by atomic mass is 16.2. The third-order valence-corrected chi connectivity index (χ3v) is 5.88. The Labute approximate surface area is 175 Å². The lowest BCUT2D eigenvalue weighted by Crippen LogP contribution is -2.43. The summed E-state index contributed by atoms with van der Waals surface area (Å²) in [4.78, 5) is 27.5. The van der Waals surface area contributed by atoms with Gasteiger partial charge in [0.1, 0.15) is 6.04 Å².